The number of allylic oxidation sites excluding steroid dienone is 1. The van der Waals surface area contributed by atoms with Gasteiger partial charge in [-0.05, 0) is 23.1 Å². The second kappa shape index (κ2) is 5.60. The van der Waals surface area contributed by atoms with Crippen molar-refractivity contribution in [2.24, 2.45) is 5.73 Å². The lowest BCUT2D eigenvalue weighted by Crippen LogP contribution is -2.21. The second-order valence-corrected chi connectivity index (χ2v) is 5.83. The average Bonchev–Trinajstić information content (AvgIpc) is 2.59. The number of nitrogens with two attached hydrogens (primary N) is 1. The first-order valence-corrected chi connectivity index (χ1v) is 7.63. The molecule has 0 saturated heterocycles. The monoisotopic (exact) mass is 334 g/mol. The zero-order chi connectivity index (χ0) is 17.6. The summed E-state index contributed by atoms with van der Waals surface area (Å²) in [5.74, 6) is -1.66. The van der Waals surface area contributed by atoms with Crippen LogP contribution in [-0.2, 0) is 0 Å². The Balaban J connectivity index is 2.03. The normalized spacial score (nSPS) is 16.3. The number of ether oxygens (including phenoxy) is 1. The van der Waals surface area contributed by atoms with Gasteiger partial charge in [-0.15, -0.1) is 0 Å². The van der Waals surface area contributed by atoms with E-state index in [4.69, 9.17) is 10.5 Å². The van der Waals surface area contributed by atoms with Gasteiger partial charge in [0, 0.05) is 17.0 Å². The summed E-state index contributed by atoms with van der Waals surface area (Å²) in [5.41, 5.74) is 7.04. The van der Waals surface area contributed by atoms with Crippen molar-refractivity contribution in [1.82, 2.24) is 0 Å². The van der Waals surface area contributed by atoms with Crippen molar-refractivity contribution in [2.75, 3.05) is 0 Å². The molecule has 122 valence electrons. The third-order valence-corrected chi connectivity index (χ3v) is 4.33. The van der Waals surface area contributed by atoms with Gasteiger partial charge in [-0.2, -0.15) is 5.26 Å². The lowest BCUT2D eigenvalue weighted by atomic mass is 9.82. The predicted octanol–water partition coefficient (Wildman–Crippen LogP) is 4.34. The summed E-state index contributed by atoms with van der Waals surface area (Å²) in [7, 11) is 0. The van der Waals surface area contributed by atoms with E-state index in [1.54, 1.807) is 6.07 Å². The number of benzene rings is 3. The summed E-state index contributed by atoms with van der Waals surface area (Å²) < 4.78 is 33.2. The van der Waals surface area contributed by atoms with E-state index in [0.717, 1.165) is 16.8 Å². The maximum atomic E-state index is 13.7. The van der Waals surface area contributed by atoms with Gasteiger partial charge in [0.05, 0.1) is 5.92 Å². The van der Waals surface area contributed by atoms with Crippen LogP contribution in [0.3, 0.4) is 0 Å². The number of halogens is 2. The summed E-state index contributed by atoms with van der Waals surface area (Å²) in [5, 5.41) is 11.3. The van der Waals surface area contributed by atoms with Crippen molar-refractivity contribution < 1.29 is 13.5 Å². The van der Waals surface area contributed by atoms with Crippen LogP contribution in [0.5, 0.6) is 5.75 Å². The molecule has 0 amide bonds. The summed E-state index contributed by atoms with van der Waals surface area (Å²) in [6, 6.07) is 16.5. The fraction of sp³-hybridized carbons (Fsp3) is 0.0500. The average molecular weight is 334 g/mol. The largest absolute Gasteiger partial charge is 0.440 e. The number of rotatable bonds is 1. The van der Waals surface area contributed by atoms with Gasteiger partial charge in [-0.1, -0.05) is 36.4 Å². The molecule has 0 radical (unpaired) electrons. The smallest absolute Gasteiger partial charge is 0.205 e. The molecule has 25 heavy (non-hydrogen) atoms. The van der Waals surface area contributed by atoms with Gasteiger partial charge >= 0.3 is 0 Å². The molecule has 0 aromatic heterocycles. The standard InChI is InChI=1S/C20H12F2N2O/c21-13-7-12(8-14(22)9-13)18-16-6-5-11-3-1-2-4-15(11)19(16)25-20(24)17(18)10-23/h1-9,18H,24H2. The summed E-state index contributed by atoms with van der Waals surface area (Å²) in [6.45, 7) is 0. The molecule has 5 heteroatoms. The van der Waals surface area contributed by atoms with Crippen LogP contribution in [0, 0.1) is 23.0 Å². The maximum absolute atomic E-state index is 13.7. The third kappa shape index (κ3) is 2.39. The minimum atomic E-state index is -0.709. The minimum Gasteiger partial charge on any atom is -0.440 e. The first-order valence-electron chi connectivity index (χ1n) is 7.63. The van der Waals surface area contributed by atoms with Crippen LogP contribution < -0.4 is 10.5 Å². The van der Waals surface area contributed by atoms with E-state index in [0.29, 0.717) is 16.9 Å². The molecule has 0 fully saturated rings. The van der Waals surface area contributed by atoms with E-state index in [9.17, 15) is 14.0 Å². The molecule has 1 aliphatic rings. The molecule has 1 aliphatic heterocycles. The van der Waals surface area contributed by atoms with Crippen molar-refractivity contribution in [1.29, 1.82) is 5.26 Å². The van der Waals surface area contributed by atoms with Crippen LogP contribution in [0.4, 0.5) is 8.78 Å². The first-order chi connectivity index (χ1) is 12.1. The minimum absolute atomic E-state index is 0.0546. The van der Waals surface area contributed by atoms with Gasteiger partial charge in [0.25, 0.3) is 0 Å². The van der Waals surface area contributed by atoms with Gasteiger partial charge in [-0.3, -0.25) is 0 Å². The van der Waals surface area contributed by atoms with Gasteiger partial charge in [-0.25, -0.2) is 8.78 Å². The molecule has 3 aromatic rings. The van der Waals surface area contributed by atoms with Crippen molar-refractivity contribution in [2.45, 2.75) is 5.92 Å². The van der Waals surface area contributed by atoms with Crippen molar-refractivity contribution in [3.8, 4) is 11.8 Å². The van der Waals surface area contributed by atoms with Crippen molar-refractivity contribution in [3.63, 3.8) is 0 Å². The molecule has 4 rings (SSSR count). The Morgan fingerprint density at radius 1 is 1.00 bits per heavy atom. The maximum Gasteiger partial charge on any atom is 0.205 e. The zero-order valence-corrected chi connectivity index (χ0v) is 13.0. The highest BCUT2D eigenvalue weighted by Crippen LogP contribution is 2.45. The number of hydrogen-bond acceptors (Lipinski definition) is 3. The van der Waals surface area contributed by atoms with Crippen LogP contribution in [0.25, 0.3) is 10.8 Å². The molecule has 0 spiro atoms. The highest BCUT2D eigenvalue weighted by molar-refractivity contribution is 5.90. The highest BCUT2D eigenvalue weighted by Gasteiger charge is 2.32. The topological polar surface area (TPSA) is 59.0 Å². The van der Waals surface area contributed by atoms with Crippen molar-refractivity contribution >= 4 is 10.8 Å². The summed E-state index contributed by atoms with van der Waals surface area (Å²) in [6.07, 6.45) is 0. The quantitative estimate of drug-likeness (QED) is 0.720. The molecule has 1 heterocycles. The van der Waals surface area contributed by atoms with E-state index in [2.05, 4.69) is 0 Å². The Morgan fingerprint density at radius 3 is 2.44 bits per heavy atom. The number of hydrogen-bond donors (Lipinski definition) is 1. The SMILES string of the molecule is N#CC1=C(N)Oc2c(ccc3ccccc23)C1c1cc(F)cc(F)c1. The summed E-state index contributed by atoms with van der Waals surface area (Å²) in [4.78, 5) is 0. The van der Waals surface area contributed by atoms with Gasteiger partial charge < -0.3 is 10.5 Å². The van der Waals surface area contributed by atoms with Crippen LogP contribution in [0.15, 0.2) is 66.1 Å². The van der Waals surface area contributed by atoms with Crippen LogP contribution in [-0.4, -0.2) is 0 Å². The lowest BCUT2D eigenvalue weighted by molar-refractivity contribution is 0.398. The lowest BCUT2D eigenvalue weighted by Gasteiger charge is -2.27. The predicted molar refractivity (Wildman–Crippen MR) is 89.6 cm³/mol. The molecule has 2 N–H and O–H groups in total. The Morgan fingerprint density at radius 2 is 1.72 bits per heavy atom. The van der Waals surface area contributed by atoms with Gasteiger partial charge in [0.1, 0.15) is 29.0 Å². The molecule has 1 unspecified atom stereocenters. The van der Waals surface area contributed by atoms with Crippen molar-refractivity contribution in [3.05, 3.63) is 88.8 Å². The Kier molecular flexibility index (Phi) is 3.40. The molecule has 0 saturated carbocycles. The van der Waals surface area contributed by atoms with E-state index in [1.165, 1.54) is 12.1 Å². The molecular weight excluding hydrogens is 322 g/mol. The molecule has 0 bridgehead atoms. The fourth-order valence-electron chi connectivity index (χ4n) is 3.27. The summed E-state index contributed by atoms with van der Waals surface area (Å²) >= 11 is 0. The molecular formula is C20H12F2N2O. The fourth-order valence-corrected chi connectivity index (χ4v) is 3.27. The Bertz CT molecular complexity index is 1060. The van der Waals surface area contributed by atoms with Gasteiger partial charge in [0.2, 0.25) is 5.88 Å². The number of nitrogens with zero attached hydrogens (tertiary/aromatic N) is 1. The van der Waals surface area contributed by atoms with Crippen LogP contribution in [0.2, 0.25) is 0 Å². The van der Waals surface area contributed by atoms with E-state index >= 15 is 0 Å². The molecule has 3 nitrogen and oxygen atoms in total. The molecule has 3 aromatic carbocycles. The Labute approximate surface area is 142 Å². The van der Waals surface area contributed by atoms with E-state index in [1.807, 2.05) is 36.4 Å². The van der Waals surface area contributed by atoms with Crippen LogP contribution in [0.1, 0.15) is 17.0 Å². The highest BCUT2D eigenvalue weighted by atomic mass is 19.1. The zero-order valence-electron chi connectivity index (χ0n) is 13.0. The van der Waals surface area contributed by atoms with Crippen LogP contribution >= 0.6 is 0 Å². The Hall–Kier alpha value is -3.39. The van der Waals surface area contributed by atoms with E-state index < -0.39 is 17.6 Å². The molecule has 1 atom stereocenters. The number of fused-ring (bicyclic) bond motifs is 3. The first kappa shape index (κ1) is 15.2. The molecule has 0 aliphatic carbocycles. The number of nitriles is 1. The third-order valence-electron chi connectivity index (χ3n) is 4.33. The van der Waals surface area contributed by atoms with E-state index in [-0.39, 0.29) is 11.5 Å². The second-order valence-electron chi connectivity index (χ2n) is 5.83. The van der Waals surface area contributed by atoms with Gasteiger partial charge in [0.15, 0.2) is 0 Å².